The van der Waals surface area contributed by atoms with Gasteiger partial charge in [0, 0.05) is 13.2 Å². The summed E-state index contributed by atoms with van der Waals surface area (Å²) < 4.78 is 4.80. The summed E-state index contributed by atoms with van der Waals surface area (Å²) in [6.07, 6.45) is 5.09. The molecule has 1 aliphatic rings. The van der Waals surface area contributed by atoms with E-state index in [-0.39, 0.29) is 12.5 Å². The van der Waals surface area contributed by atoms with E-state index in [1.54, 1.807) is 7.11 Å². The summed E-state index contributed by atoms with van der Waals surface area (Å²) in [5.41, 5.74) is 0. The van der Waals surface area contributed by atoms with Crippen LogP contribution in [0.3, 0.4) is 0 Å². The molecule has 3 heteroatoms. The molecule has 88 valence electrons. The lowest BCUT2D eigenvalue weighted by molar-refractivity contribution is -0.125. The Morgan fingerprint density at radius 3 is 2.53 bits per heavy atom. The Morgan fingerprint density at radius 1 is 1.40 bits per heavy atom. The van der Waals surface area contributed by atoms with Crippen LogP contribution in [0.5, 0.6) is 0 Å². The first kappa shape index (κ1) is 12.5. The number of hydrogen-bond acceptors (Lipinski definition) is 2. The Hall–Kier alpha value is -0.570. The Kier molecular flexibility index (Phi) is 5.09. The maximum atomic E-state index is 11.3. The van der Waals surface area contributed by atoms with Crippen molar-refractivity contribution in [2.45, 2.75) is 45.6 Å². The second kappa shape index (κ2) is 6.11. The van der Waals surface area contributed by atoms with Crippen LogP contribution in [0.25, 0.3) is 0 Å². The first-order valence-electron chi connectivity index (χ1n) is 5.91. The van der Waals surface area contributed by atoms with Gasteiger partial charge in [0.1, 0.15) is 6.61 Å². The van der Waals surface area contributed by atoms with E-state index in [9.17, 15) is 4.79 Å². The molecule has 0 aromatic rings. The second-order valence-electron chi connectivity index (χ2n) is 4.81. The molecule has 1 fully saturated rings. The van der Waals surface area contributed by atoms with Gasteiger partial charge in [-0.05, 0) is 31.6 Å². The molecule has 1 N–H and O–H groups in total. The lowest BCUT2D eigenvalue weighted by atomic mass is 9.80. The van der Waals surface area contributed by atoms with Gasteiger partial charge in [-0.25, -0.2) is 0 Å². The number of rotatable bonds is 4. The molecule has 1 amide bonds. The number of methoxy groups -OCH3 is 1. The molecule has 1 atom stereocenters. The Morgan fingerprint density at radius 2 is 2.00 bits per heavy atom. The number of hydrogen-bond donors (Lipinski definition) is 1. The van der Waals surface area contributed by atoms with Gasteiger partial charge in [-0.2, -0.15) is 0 Å². The van der Waals surface area contributed by atoms with Crippen molar-refractivity contribution in [1.82, 2.24) is 5.32 Å². The number of ether oxygens (including phenoxy) is 1. The molecule has 0 spiro atoms. The molecule has 0 bridgehead atoms. The first-order chi connectivity index (χ1) is 7.13. The number of carbonyl (C=O) groups is 1. The average Bonchev–Trinajstić information content (AvgIpc) is 2.18. The SMILES string of the molecule is COCC(=O)N[C@H](C)C1CCC(C)CC1. The molecule has 0 saturated heterocycles. The molecule has 0 aliphatic heterocycles. The van der Waals surface area contributed by atoms with Gasteiger partial charge >= 0.3 is 0 Å². The Labute approximate surface area is 92.6 Å². The topological polar surface area (TPSA) is 38.3 Å². The van der Waals surface area contributed by atoms with Crippen molar-refractivity contribution in [3.05, 3.63) is 0 Å². The standard InChI is InChI=1S/C12H23NO2/c1-9-4-6-11(7-5-9)10(2)13-12(14)8-15-3/h9-11H,4-8H2,1-3H3,(H,13,14)/t9?,10-,11?/m1/s1. The van der Waals surface area contributed by atoms with E-state index >= 15 is 0 Å². The summed E-state index contributed by atoms with van der Waals surface area (Å²) >= 11 is 0. The summed E-state index contributed by atoms with van der Waals surface area (Å²) in [6.45, 7) is 4.59. The summed E-state index contributed by atoms with van der Waals surface area (Å²) in [6, 6.07) is 0.292. The van der Waals surface area contributed by atoms with Gasteiger partial charge in [-0.1, -0.05) is 19.8 Å². The van der Waals surface area contributed by atoms with Crippen molar-refractivity contribution in [1.29, 1.82) is 0 Å². The zero-order valence-corrected chi connectivity index (χ0v) is 10.1. The smallest absolute Gasteiger partial charge is 0.246 e. The molecular weight excluding hydrogens is 190 g/mol. The highest BCUT2D eigenvalue weighted by atomic mass is 16.5. The molecule has 0 heterocycles. The highest BCUT2D eigenvalue weighted by Crippen LogP contribution is 2.30. The predicted octanol–water partition coefficient (Wildman–Crippen LogP) is 1.96. The van der Waals surface area contributed by atoms with Gasteiger partial charge in [-0.15, -0.1) is 0 Å². The van der Waals surface area contributed by atoms with Gasteiger partial charge in [0.2, 0.25) is 5.91 Å². The van der Waals surface area contributed by atoms with Crippen molar-refractivity contribution < 1.29 is 9.53 Å². The third-order valence-corrected chi connectivity index (χ3v) is 3.43. The molecule has 0 aromatic heterocycles. The Bertz CT molecular complexity index is 198. The van der Waals surface area contributed by atoms with Crippen LogP contribution >= 0.6 is 0 Å². The fourth-order valence-electron chi connectivity index (χ4n) is 2.33. The van der Waals surface area contributed by atoms with E-state index in [0.29, 0.717) is 12.0 Å². The van der Waals surface area contributed by atoms with Crippen molar-refractivity contribution in [2.75, 3.05) is 13.7 Å². The van der Waals surface area contributed by atoms with Crippen LogP contribution in [0.4, 0.5) is 0 Å². The van der Waals surface area contributed by atoms with Gasteiger partial charge < -0.3 is 10.1 Å². The van der Waals surface area contributed by atoms with Crippen LogP contribution in [0.2, 0.25) is 0 Å². The van der Waals surface area contributed by atoms with E-state index in [1.807, 2.05) is 0 Å². The van der Waals surface area contributed by atoms with E-state index in [4.69, 9.17) is 4.74 Å². The van der Waals surface area contributed by atoms with Crippen LogP contribution in [0.1, 0.15) is 39.5 Å². The van der Waals surface area contributed by atoms with E-state index in [1.165, 1.54) is 25.7 Å². The number of amides is 1. The molecule has 1 rings (SSSR count). The zero-order valence-electron chi connectivity index (χ0n) is 10.1. The monoisotopic (exact) mass is 213 g/mol. The van der Waals surface area contributed by atoms with Crippen molar-refractivity contribution in [3.63, 3.8) is 0 Å². The van der Waals surface area contributed by atoms with Crippen molar-refractivity contribution in [2.24, 2.45) is 11.8 Å². The van der Waals surface area contributed by atoms with Crippen molar-refractivity contribution >= 4 is 5.91 Å². The molecule has 3 nitrogen and oxygen atoms in total. The van der Waals surface area contributed by atoms with Gasteiger partial charge in [0.05, 0.1) is 0 Å². The molecule has 15 heavy (non-hydrogen) atoms. The minimum atomic E-state index is 0.00335. The normalized spacial score (nSPS) is 28.5. The third kappa shape index (κ3) is 4.20. The van der Waals surface area contributed by atoms with Crippen LogP contribution in [-0.2, 0) is 9.53 Å². The lowest BCUT2D eigenvalue weighted by Gasteiger charge is -2.31. The summed E-state index contributed by atoms with van der Waals surface area (Å²) in [7, 11) is 1.55. The van der Waals surface area contributed by atoms with Gasteiger partial charge in [0.15, 0.2) is 0 Å². The van der Waals surface area contributed by atoms with Crippen LogP contribution in [0.15, 0.2) is 0 Å². The molecule has 1 aliphatic carbocycles. The third-order valence-electron chi connectivity index (χ3n) is 3.43. The molecule has 1 saturated carbocycles. The fourth-order valence-corrected chi connectivity index (χ4v) is 2.33. The van der Waals surface area contributed by atoms with E-state index < -0.39 is 0 Å². The Balaban J connectivity index is 2.27. The minimum absolute atomic E-state index is 0.00335. The summed E-state index contributed by atoms with van der Waals surface area (Å²) in [5, 5.41) is 3.00. The van der Waals surface area contributed by atoms with Crippen LogP contribution in [0, 0.1) is 11.8 Å². The van der Waals surface area contributed by atoms with Crippen LogP contribution in [-0.4, -0.2) is 25.7 Å². The highest BCUT2D eigenvalue weighted by Gasteiger charge is 2.23. The molecule has 0 radical (unpaired) electrons. The first-order valence-corrected chi connectivity index (χ1v) is 5.91. The minimum Gasteiger partial charge on any atom is -0.375 e. The van der Waals surface area contributed by atoms with Crippen LogP contribution < -0.4 is 5.32 Å². The molecular formula is C12H23NO2. The highest BCUT2D eigenvalue weighted by molar-refractivity contribution is 5.77. The number of nitrogens with one attached hydrogen (secondary N) is 1. The quantitative estimate of drug-likeness (QED) is 0.775. The molecule has 0 aromatic carbocycles. The largest absolute Gasteiger partial charge is 0.375 e. The van der Waals surface area contributed by atoms with E-state index in [0.717, 1.165) is 5.92 Å². The summed E-state index contributed by atoms with van der Waals surface area (Å²) in [4.78, 5) is 11.3. The average molecular weight is 213 g/mol. The maximum absolute atomic E-state index is 11.3. The fraction of sp³-hybridized carbons (Fsp3) is 0.917. The van der Waals surface area contributed by atoms with Gasteiger partial charge in [0.25, 0.3) is 0 Å². The summed E-state index contributed by atoms with van der Waals surface area (Å²) in [5.74, 6) is 1.52. The maximum Gasteiger partial charge on any atom is 0.246 e. The van der Waals surface area contributed by atoms with Gasteiger partial charge in [-0.3, -0.25) is 4.79 Å². The lowest BCUT2D eigenvalue weighted by Crippen LogP contribution is -2.41. The second-order valence-corrected chi connectivity index (χ2v) is 4.81. The zero-order chi connectivity index (χ0) is 11.3. The predicted molar refractivity (Wildman–Crippen MR) is 60.6 cm³/mol. The number of carbonyl (C=O) groups excluding carboxylic acids is 1. The van der Waals surface area contributed by atoms with Crippen molar-refractivity contribution in [3.8, 4) is 0 Å². The van der Waals surface area contributed by atoms with E-state index in [2.05, 4.69) is 19.2 Å². The molecule has 0 unspecified atom stereocenters.